The molecular weight excluding hydrogens is 180 g/mol. The molecule has 0 bridgehead atoms. The Morgan fingerprint density at radius 2 is 2.14 bits per heavy atom. The Morgan fingerprint density at radius 1 is 1.50 bits per heavy atom. The monoisotopic (exact) mass is 192 g/mol. The molecule has 3 nitrogen and oxygen atoms in total. The molecule has 14 heavy (non-hydrogen) atoms. The first-order valence-electron chi connectivity index (χ1n) is 4.67. The molecule has 2 atom stereocenters. The summed E-state index contributed by atoms with van der Waals surface area (Å²) < 4.78 is 5.30. The van der Waals surface area contributed by atoms with Gasteiger partial charge in [0.15, 0.2) is 6.10 Å². The lowest BCUT2D eigenvalue weighted by Crippen LogP contribution is -2.17. The number of hydrogen-bond acceptors (Lipinski definition) is 2. The molecule has 0 amide bonds. The van der Waals surface area contributed by atoms with Gasteiger partial charge in [-0.1, -0.05) is 37.3 Å². The third kappa shape index (κ3) is 1.21. The number of carbonyl (C=O) groups is 1. The molecule has 0 spiro atoms. The molecule has 1 fully saturated rings. The average Bonchev–Trinajstić information content (AvgIpc) is 2.95. The van der Waals surface area contributed by atoms with Crippen molar-refractivity contribution in [3.8, 4) is 0 Å². The molecule has 1 heterocycles. The average molecular weight is 192 g/mol. The predicted molar refractivity (Wildman–Crippen MR) is 50.9 cm³/mol. The summed E-state index contributed by atoms with van der Waals surface area (Å²) in [5.41, 5.74) is 0.377. The second-order valence-corrected chi connectivity index (χ2v) is 3.45. The minimum absolute atomic E-state index is 0.576. The molecule has 1 aromatic rings. The topological polar surface area (TPSA) is 49.8 Å². The normalized spacial score (nSPS) is 29.9. The number of ether oxygens (including phenoxy) is 1. The van der Waals surface area contributed by atoms with E-state index in [1.54, 1.807) is 0 Å². The highest BCUT2D eigenvalue weighted by Gasteiger charge is 2.60. The molecule has 2 unspecified atom stereocenters. The number of rotatable bonds is 3. The van der Waals surface area contributed by atoms with E-state index in [-0.39, 0.29) is 0 Å². The summed E-state index contributed by atoms with van der Waals surface area (Å²) in [5, 5.41) is 8.86. The lowest BCUT2D eigenvalue weighted by molar-refractivity contribution is -0.138. The maximum Gasteiger partial charge on any atom is 0.336 e. The van der Waals surface area contributed by atoms with Crippen LogP contribution in [0.5, 0.6) is 0 Å². The van der Waals surface area contributed by atoms with Gasteiger partial charge in [-0.25, -0.2) is 4.79 Å². The molecule has 1 N–H and O–H groups in total. The molecule has 3 heteroatoms. The van der Waals surface area contributed by atoms with Crippen molar-refractivity contribution in [3.63, 3.8) is 0 Å². The van der Waals surface area contributed by atoms with Gasteiger partial charge in [-0.3, -0.25) is 0 Å². The van der Waals surface area contributed by atoms with Crippen molar-refractivity contribution < 1.29 is 14.6 Å². The van der Waals surface area contributed by atoms with E-state index in [1.807, 2.05) is 37.3 Å². The fourth-order valence-corrected chi connectivity index (χ4v) is 1.84. The van der Waals surface area contributed by atoms with Gasteiger partial charge in [0.25, 0.3) is 0 Å². The molecule has 0 radical (unpaired) electrons. The Hall–Kier alpha value is -1.35. The summed E-state index contributed by atoms with van der Waals surface area (Å²) in [5.74, 6) is -0.879. The standard InChI is InChI=1S/C11H12O3/c1-2-11(9(14-11)10(12)13)8-6-4-3-5-7-8/h3-7,9H,2H2,1H3,(H,12,13). The van der Waals surface area contributed by atoms with E-state index < -0.39 is 17.7 Å². The van der Waals surface area contributed by atoms with Crippen LogP contribution < -0.4 is 0 Å². The summed E-state index contributed by atoms with van der Waals surface area (Å²) in [6.45, 7) is 1.94. The highest BCUT2D eigenvalue weighted by molar-refractivity contribution is 5.77. The van der Waals surface area contributed by atoms with Crippen molar-refractivity contribution in [1.82, 2.24) is 0 Å². The number of benzene rings is 1. The number of carboxylic acids is 1. The van der Waals surface area contributed by atoms with Crippen LogP contribution in [-0.4, -0.2) is 17.2 Å². The zero-order valence-corrected chi connectivity index (χ0v) is 7.93. The van der Waals surface area contributed by atoms with Crippen LogP contribution in [0.1, 0.15) is 18.9 Å². The number of carboxylic acid groups (broad SMARTS) is 1. The van der Waals surface area contributed by atoms with Crippen LogP contribution in [0.3, 0.4) is 0 Å². The maximum atomic E-state index is 10.8. The molecule has 0 aromatic heterocycles. The third-order valence-corrected chi connectivity index (χ3v) is 2.71. The summed E-state index contributed by atoms with van der Waals surface area (Å²) >= 11 is 0. The van der Waals surface area contributed by atoms with Crippen LogP contribution in [-0.2, 0) is 15.1 Å². The molecular formula is C11H12O3. The molecule has 1 saturated heterocycles. The van der Waals surface area contributed by atoms with Crippen LogP contribution in [0.25, 0.3) is 0 Å². The number of hydrogen-bond donors (Lipinski definition) is 1. The summed E-state index contributed by atoms with van der Waals surface area (Å²) in [4.78, 5) is 10.8. The smallest absolute Gasteiger partial charge is 0.336 e. The van der Waals surface area contributed by atoms with Crippen molar-refractivity contribution in [2.45, 2.75) is 25.0 Å². The zero-order chi connectivity index (χ0) is 10.2. The van der Waals surface area contributed by atoms with E-state index in [4.69, 9.17) is 9.84 Å². The predicted octanol–water partition coefficient (Wildman–Crippen LogP) is 1.78. The minimum atomic E-state index is -0.879. The van der Waals surface area contributed by atoms with Gasteiger partial charge in [-0.2, -0.15) is 0 Å². The quantitative estimate of drug-likeness (QED) is 0.742. The molecule has 1 aromatic carbocycles. The van der Waals surface area contributed by atoms with Crippen LogP contribution in [0, 0.1) is 0 Å². The van der Waals surface area contributed by atoms with E-state index >= 15 is 0 Å². The first-order chi connectivity index (χ1) is 6.70. The first kappa shape index (κ1) is 9.21. The number of aliphatic carboxylic acids is 1. The molecule has 74 valence electrons. The Kier molecular flexibility index (Phi) is 2.04. The van der Waals surface area contributed by atoms with Gasteiger partial charge in [-0.15, -0.1) is 0 Å². The zero-order valence-electron chi connectivity index (χ0n) is 7.93. The summed E-state index contributed by atoms with van der Waals surface area (Å²) in [6, 6.07) is 9.52. The lowest BCUT2D eigenvalue weighted by atomic mass is 9.93. The van der Waals surface area contributed by atoms with Crippen LogP contribution in [0.4, 0.5) is 0 Å². The summed E-state index contributed by atoms with van der Waals surface area (Å²) in [7, 11) is 0. The Bertz CT molecular complexity index is 347. The molecule has 0 saturated carbocycles. The van der Waals surface area contributed by atoms with E-state index in [2.05, 4.69) is 0 Å². The van der Waals surface area contributed by atoms with E-state index in [0.717, 1.165) is 5.56 Å². The van der Waals surface area contributed by atoms with Gasteiger partial charge in [0, 0.05) is 0 Å². The van der Waals surface area contributed by atoms with Crippen molar-refractivity contribution in [2.24, 2.45) is 0 Å². The van der Waals surface area contributed by atoms with Crippen molar-refractivity contribution in [2.75, 3.05) is 0 Å². The van der Waals surface area contributed by atoms with Gasteiger partial charge in [0.05, 0.1) is 0 Å². The maximum absolute atomic E-state index is 10.8. The lowest BCUT2D eigenvalue weighted by Gasteiger charge is -2.08. The number of epoxide rings is 1. The van der Waals surface area contributed by atoms with Gasteiger partial charge < -0.3 is 9.84 Å². The highest BCUT2D eigenvalue weighted by atomic mass is 16.6. The SMILES string of the molecule is CCC1(c2ccccc2)OC1C(=O)O. The van der Waals surface area contributed by atoms with Crippen LogP contribution in [0.2, 0.25) is 0 Å². The van der Waals surface area contributed by atoms with E-state index in [0.29, 0.717) is 6.42 Å². The van der Waals surface area contributed by atoms with Gasteiger partial charge in [-0.05, 0) is 12.0 Å². The molecule has 1 aliphatic heterocycles. The third-order valence-electron chi connectivity index (χ3n) is 2.71. The van der Waals surface area contributed by atoms with Crippen molar-refractivity contribution in [1.29, 1.82) is 0 Å². The second-order valence-electron chi connectivity index (χ2n) is 3.45. The largest absolute Gasteiger partial charge is 0.479 e. The molecule has 0 aliphatic carbocycles. The fraction of sp³-hybridized carbons (Fsp3) is 0.364. The highest BCUT2D eigenvalue weighted by Crippen LogP contribution is 2.48. The second kappa shape index (κ2) is 3.10. The Labute approximate surface area is 82.3 Å². The van der Waals surface area contributed by atoms with Gasteiger partial charge in [0.2, 0.25) is 0 Å². The van der Waals surface area contributed by atoms with E-state index in [1.165, 1.54) is 0 Å². The van der Waals surface area contributed by atoms with Crippen molar-refractivity contribution in [3.05, 3.63) is 35.9 Å². The summed E-state index contributed by atoms with van der Waals surface area (Å²) in [6.07, 6.45) is 0.0171. The fourth-order valence-electron chi connectivity index (χ4n) is 1.84. The first-order valence-corrected chi connectivity index (χ1v) is 4.67. The Balaban J connectivity index is 2.29. The Morgan fingerprint density at radius 3 is 2.57 bits per heavy atom. The van der Waals surface area contributed by atoms with Crippen molar-refractivity contribution >= 4 is 5.97 Å². The van der Waals surface area contributed by atoms with Gasteiger partial charge >= 0.3 is 5.97 Å². The molecule has 1 aliphatic rings. The van der Waals surface area contributed by atoms with Crippen LogP contribution >= 0.6 is 0 Å². The van der Waals surface area contributed by atoms with Gasteiger partial charge in [0.1, 0.15) is 5.60 Å². The minimum Gasteiger partial charge on any atom is -0.479 e. The van der Waals surface area contributed by atoms with E-state index in [9.17, 15) is 4.79 Å². The molecule has 2 rings (SSSR count). The van der Waals surface area contributed by atoms with Crippen LogP contribution in [0.15, 0.2) is 30.3 Å².